The van der Waals surface area contributed by atoms with Crippen molar-refractivity contribution >= 4 is 32.2 Å². The molecule has 0 spiro atoms. The average Bonchev–Trinajstić information content (AvgIpc) is 3.78. The second-order valence-electron chi connectivity index (χ2n) is 19.7. The quantitative estimate of drug-likeness (QED) is 0.101. The van der Waals surface area contributed by atoms with Crippen molar-refractivity contribution < 1.29 is 32.3 Å². The molecule has 1 aliphatic rings. The number of rotatable bonds is 6. The zero-order chi connectivity index (χ0) is 47.5. The highest BCUT2D eigenvalue weighted by molar-refractivity contribution is 7.15. The highest BCUT2D eigenvalue weighted by atomic mass is 31.0. The summed E-state index contributed by atoms with van der Waals surface area (Å²) in [4.78, 5) is 10.4. The molecule has 0 fully saturated rings. The number of hydrogen-bond donors (Lipinski definition) is 2. The topological polar surface area (TPSA) is 70.1 Å². The van der Waals surface area contributed by atoms with Crippen LogP contribution in [0.25, 0.3) is 28.0 Å². The van der Waals surface area contributed by atoms with Crippen molar-refractivity contribution in [2.75, 3.05) is 13.3 Å². The summed E-state index contributed by atoms with van der Waals surface area (Å²) in [5.41, 5.74) is 12.4. The van der Waals surface area contributed by atoms with E-state index in [4.69, 9.17) is 15.1 Å². The molecule has 0 bridgehead atoms. The van der Waals surface area contributed by atoms with Crippen LogP contribution >= 0.6 is 9.24 Å². The van der Waals surface area contributed by atoms with E-state index in [0.29, 0.717) is 17.3 Å². The van der Waals surface area contributed by atoms with E-state index in [1.54, 1.807) is 0 Å². The van der Waals surface area contributed by atoms with Gasteiger partial charge < -0.3 is 10.3 Å². The minimum Gasteiger partial charge on any atom is -0.426 e. The average molecular weight is 888 g/mol. The van der Waals surface area contributed by atoms with Crippen LogP contribution in [-0.4, -0.2) is 52.0 Å². The number of hydrogen-bond acceptors (Lipinski definition) is 3. The molecule has 1 atom stereocenters. The molecule has 0 amide bonds. The van der Waals surface area contributed by atoms with Crippen molar-refractivity contribution in [2.45, 2.75) is 117 Å². The molecule has 0 saturated carbocycles. The molecule has 5 nitrogen and oxygen atoms in total. The number of aromatic nitrogens is 1. The number of benzene rings is 4. The minimum absolute atomic E-state index is 0.0206. The number of aliphatic imine (C=N–C) groups is 2. The first-order valence-corrected chi connectivity index (χ1v) is 22.1. The first kappa shape index (κ1) is 50.7. The van der Waals surface area contributed by atoms with Crippen molar-refractivity contribution in [3.63, 3.8) is 0 Å². The van der Waals surface area contributed by atoms with Gasteiger partial charge in [0, 0.05) is 22.3 Å². The molecule has 4 aromatic carbocycles. The van der Waals surface area contributed by atoms with E-state index in [0.717, 1.165) is 39.1 Å². The Morgan fingerprint density at radius 3 is 1.22 bits per heavy atom. The second kappa shape index (κ2) is 19.0. The molecule has 0 radical (unpaired) electrons. The van der Waals surface area contributed by atoms with Gasteiger partial charge in [0.25, 0.3) is 0 Å². The molecule has 1 unspecified atom stereocenters. The maximum Gasteiger partial charge on any atom is 0.455 e. The number of amidine groups is 1. The van der Waals surface area contributed by atoms with Gasteiger partial charge in [-0.25, -0.2) is 9.98 Å². The lowest BCUT2D eigenvalue weighted by atomic mass is 9.86. The lowest BCUT2D eigenvalue weighted by molar-refractivity contribution is -0.292. The smallest absolute Gasteiger partial charge is 0.426 e. The minimum atomic E-state index is -5.64. The number of nitrogens with zero attached hydrogens (tertiary/aromatic N) is 3. The molecular formula is C52H63F5N3O2P. The van der Waals surface area contributed by atoms with Crippen LogP contribution in [0.15, 0.2) is 119 Å². The van der Waals surface area contributed by atoms with E-state index in [2.05, 4.69) is 195 Å². The largest absolute Gasteiger partial charge is 0.455 e. The van der Waals surface area contributed by atoms with Crippen molar-refractivity contribution in [3.05, 3.63) is 143 Å². The molecule has 1 aliphatic heterocycles. The summed E-state index contributed by atoms with van der Waals surface area (Å²) < 4.78 is 56.6. The van der Waals surface area contributed by atoms with Gasteiger partial charge in [0.1, 0.15) is 6.61 Å². The summed E-state index contributed by atoms with van der Waals surface area (Å²) >= 11 is 0. The van der Waals surface area contributed by atoms with Gasteiger partial charge in [-0.3, -0.25) is 0 Å². The Bertz CT molecular complexity index is 2420. The fourth-order valence-corrected chi connectivity index (χ4v) is 6.64. The highest BCUT2D eigenvalue weighted by Crippen LogP contribution is 2.41. The van der Waals surface area contributed by atoms with Crippen molar-refractivity contribution in [1.29, 1.82) is 0 Å². The van der Waals surface area contributed by atoms with Crippen LogP contribution in [0.1, 0.15) is 116 Å². The summed E-state index contributed by atoms with van der Waals surface area (Å²) in [5.74, 6) is -3.96. The third-order valence-electron chi connectivity index (χ3n) is 10.7. The number of allylic oxidation sites excluding steroid dienone is 1. The van der Waals surface area contributed by atoms with Crippen molar-refractivity contribution in [3.8, 4) is 22.4 Å². The van der Waals surface area contributed by atoms with Gasteiger partial charge >= 0.3 is 12.1 Å². The van der Waals surface area contributed by atoms with E-state index in [1.165, 1.54) is 27.0 Å². The van der Waals surface area contributed by atoms with Crippen LogP contribution in [0.2, 0.25) is 0 Å². The molecule has 338 valence electrons. The predicted octanol–water partition coefficient (Wildman–Crippen LogP) is 14.5. The standard InChI is InChI=1S/C48H55N3O.C3H3F5O.CH5P/c1-45(2,3)35-21-13-31(14-22-35)39-29-41(33-17-25-37(26-18-33)47(7,8)9)49-43(39)50-44-40(32-15-23-36(24-16-32)46(4,5)6)30-42(51(44)52)34-19-27-38(28-20-34)48(10,11)12;4-2(5,1-9)3(6,7)8;1-2/h13-30,52H,1-12H3;9H,1H2;2H2,1H3/b50-43-;;. The number of aliphatic hydroxyl groups is 1. The van der Waals surface area contributed by atoms with Crippen LogP contribution in [-0.2, 0) is 21.7 Å². The van der Waals surface area contributed by atoms with E-state index in [1.807, 2.05) is 12.7 Å². The van der Waals surface area contributed by atoms with Gasteiger partial charge in [0.05, 0.1) is 11.4 Å². The molecule has 11 heteroatoms. The Kier molecular flexibility index (Phi) is 15.3. The summed E-state index contributed by atoms with van der Waals surface area (Å²) in [5, 5.41) is 19.5. The van der Waals surface area contributed by atoms with Crippen molar-refractivity contribution in [1.82, 2.24) is 4.73 Å². The number of alkyl halides is 5. The Hall–Kier alpha value is -4.92. The van der Waals surface area contributed by atoms with Gasteiger partial charge in [-0.2, -0.15) is 26.7 Å². The Morgan fingerprint density at radius 2 is 0.889 bits per heavy atom. The van der Waals surface area contributed by atoms with E-state index >= 15 is 0 Å². The van der Waals surface area contributed by atoms with Gasteiger partial charge in [-0.15, -0.1) is 9.24 Å². The second-order valence-corrected chi connectivity index (χ2v) is 19.7. The molecular weight excluding hydrogens is 825 g/mol. The first-order chi connectivity index (χ1) is 29.0. The zero-order valence-corrected chi connectivity index (χ0v) is 40.0. The molecule has 2 N–H and O–H groups in total. The highest BCUT2D eigenvalue weighted by Gasteiger charge is 2.56. The van der Waals surface area contributed by atoms with Gasteiger partial charge in [-0.1, -0.05) is 187 Å². The van der Waals surface area contributed by atoms with E-state index < -0.39 is 18.7 Å². The van der Waals surface area contributed by atoms with Crippen LogP contribution in [0.5, 0.6) is 0 Å². The van der Waals surface area contributed by atoms with Gasteiger partial charge in [0.15, 0.2) is 11.7 Å². The molecule has 6 rings (SSSR count). The van der Waals surface area contributed by atoms with Crippen LogP contribution in [0.4, 0.5) is 27.8 Å². The van der Waals surface area contributed by atoms with Gasteiger partial charge in [-0.05, 0) is 67.2 Å². The maximum absolute atomic E-state index is 12.0. The normalized spacial score (nSPS) is 14.4. The molecule has 0 aliphatic carbocycles. The molecule has 5 aromatic rings. The fourth-order valence-electron chi connectivity index (χ4n) is 6.64. The third kappa shape index (κ3) is 12.2. The van der Waals surface area contributed by atoms with Crippen LogP contribution in [0.3, 0.4) is 0 Å². The number of halogens is 5. The third-order valence-corrected chi connectivity index (χ3v) is 10.7. The summed E-state index contributed by atoms with van der Waals surface area (Å²) in [7, 11) is 2.42. The van der Waals surface area contributed by atoms with Crippen LogP contribution < -0.4 is 0 Å². The summed E-state index contributed by atoms with van der Waals surface area (Å²) in [6.07, 6.45) is -3.51. The monoisotopic (exact) mass is 887 g/mol. The lowest BCUT2D eigenvalue weighted by Crippen LogP contribution is -2.39. The Morgan fingerprint density at radius 1 is 0.540 bits per heavy atom. The summed E-state index contributed by atoms with van der Waals surface area (Å²) in [6, 6.07) is 36.5. The molecule has 63 heavy (non-hydrogen) atoms. The lowest BCUT2D eigenvalue weighted by Gasteiger charge is -2.19. The molecule has 2 heterocycles. The van der Waals surface area contributed by atoms with Gasteiger partial charge in [0.2, 0.25) is 0 Å². The molecule has 0 saturated heterocycles. The number of aliphatic hydroxyl groups excluding tert-OH is 1. The van der Waals surface area contributed by atoms with E-state index in [9.17, 15) is 27.2 Å². The predicted molar refractivity (Wildman–Crippen MR) is 256 cm³/mol. The molecule has 1 aromatic heterocycles. The SMILES string of the molecule is CC(C)(C)c1ccc(C2=CC(c3ccc(C(C)(C)C)cc3)=N/C2=N\c2c(-c3ccc(C(C)(C)C)cc3)cc(-c3ccc(C(C)(C)C)cc3)n2O)cc1.CP.OCC(F)(F)C(F)(F)F. The Labute approximate surface area is 373 Å². The van der Waals surface area contributed by atoms with Crippen LogP contribution in [0, 0.1) is 0 Å². The Balaban J connectivity index is 0.000000706. The fraction of sp³-hybridized carbons (Fsp3) is 0.385. The zero-order valence-electron chi connectivity index (χ0n) is 38.8. The summed E-state index contributed by atoms with van der Waals surface area (Å²) in [6.45, 7) is 26.4. The van der Waals surface area contributed by atoms with E-state index in [-0.39, 0.29) is 21.7 Å². The van der Waals surface area contributed by atoms with Crippen molar-refractivity contribution in [2.24, 2.45) is 9.98 Å². The maximum atomic E-state index is 12.0. The first-order valence-electron chi connectivity index (χ1n) is 20.9.